The summed E-state index contributed by atoms with van der Waals surface area (Å²) in [7, 11) is 1.76. The summed E-state index contributed by atoms with van der Waals surface area (Å²) in [6, 6.07) is -0.0547. The number of unbranched alkanes of at least 4 members (excludes halogenated alkanes) is 1. The number of carbonyl (C=O) groups excluding carboxylic acids is 1. The van der Waals surface area contributed by atoms with Crippen molar-refractivity contribution >= 4 is 12.0 Å². The Bertz CT molecular complexity index is 249. The van der Waals surface area contributed by atoms with Crippen LogP contribution < -0.4 is 0 Å². The Hall–Kier alpha value is -1.26. The third-order valence-corrected chi connectivity index (χ3v) is 2.67. The summed E-state index contributed by atoms with van der Waals surface area (Å²) < 4.78 is 0. The monoisotopic (exact) mass is 214 g/mol. The zero-order valence-corrected chi connectivity index (χ0v) is 9.27. The first-order valence-electron chi connectivity index (χ1n) is 5.29. The molecule has 0 aromatic rings. The zero-order chi connectivity index (χ0) is 11.4. The van der Waals surface area contributed by atoms with Gasteiger partial charge in [-0.25, -0.2) is 4.79 Å². The van der Waals surface area contributed by atoms with Gasteiger partial charge in [-0.05, 0) is 6.42 Å². The molecular formula is C10H18N2O3. The predicted molar refractivity (Wildman–Crippen MR) is 55.6 cm³/mol. The van der Waals surface area contributed by atoms with Gasteiger partial charge in [-0.3, -0.25) is 4.79 Å². The normalized spacial score (nSPS) is 16.0. The van der Waals surface area contributed by atoms with Crippen LogP contribution in [0.2, 0.25) is 0 Å². The molecule has 0 aromatic heterocycles. The number of hydrogen-bond acceptors (Lipinski definition) is 2. The first kappa shape index (κ1) is 11.8. The Labute approximate surface area is 89.7 Å². The van der Waals surface area contributed by atoms with Crippen LogP contribution in [0.1, 0.15) is 19.8 Å². The second-order valence-corrected chi connectivity index (χ2v) is 4.00. The molecule has 1 aliphatic heterocycles. The molecule has 0 atom stereocenters. The van der Waals surface area contributed by atoms with Crippen LogP contribution in [0.25, 0.3) is 0 Å². The number of carboxylic acids is 1. The van der Waals surface area contributed by atoms with Gasteiger partial charge in [0.2, 0.25) is 0 Å². The van der Waals surface area contributed by atoms with Crippen molar-refractivity contribution in [2.75, 3.05) is 26.7 Å². The first-order chi connectivity index (χ1) is 7.06. The number of carboxylic acid groups (broad SMARTS) is 1. The van der Waals surface area contributed by atoms with Crippen molar-refractivity contribution in [1.82, 2.24) is 9.80 Å². The second-order valence-electron chi connectivity index (χ2n) is 4.00. The number of rotatable bonds is 4. The van der Waals surface area contributed by atoms with E-state index in [9.17, 15) is 9.59 Å². The summed E-state index contributed by atoms with van der Waals surface area (Å²) >= 11 is 0. The topological polar surface area (TPSA) is 60.9 Å². The van der Waals surface area contributed by atoms with E-state index >= 15 is 0 Å². The van der Waals surface area contributed by atoms with Gasteiger partial charge in [0, 0.05) is 26.7 Å². The van der Waals surface area contributed by atoms with E-state index in [-0.39, 0.29) is 11.9 Å². The van der Waals surface area contributed by atoms with Crippen LogP contribution in [-0.2, 0) is 4.79 Å². The van der Waals surface area contributed by atoms with Crippen LogP contribution >= 0.6 is 0 Å². The minimum atomic E-state index is -0.810. The fourth-order valence-electron chi connectivity index (χ4n) is 1.52. The number of amides is 2. The highest BCUT2D eigenvalue weighted by molar-refractivity contribution is 5.79. The van der Waals surface area contributed by atoms with Gasteiger partial charge in [-0.2, -0.15) is 0 Å². The van der Waals surface area contributed by atoms with Crippen molar-refractivity contribution in [1.29, 1.82) is 0 Å². The van der Waals surface area contributed by atoms with Crippen LogP contribution in [0, 0.1) is 5.92 Å². The third kappa shape index (κ3) is 2.84. The molecule has 1 N–H and O–H groups in total. The van der Waals surface area contributed by atoms with Gasteiger partial charge in [0.1, 0.15) is 0 Å². The molecule has 0 saturated carbocycles. The average Bonchev–Trinajstić information content (AvgIpc) is 2.10. The van der Waals surface area contributed by atoms with Crippen LogP contribution in [0.4, 0.5) is 4.79 Å². The van der Waals surface area contributed by atoms with Crippen LogP contribution in [-0.4, -0.2) is 53.6 Å². The Balaban J connectivity index is 2.28. The SMILES string of the molecule is CCCCN(C)C(=O)N1CC(C(=O)O)C1. The molecule has 5 nitrogen and oxygen atoms in total. The fraction of sp³-hybridized carbons (Fsp3) is 0.800. The Morgan fingerprint density at radius 2 is 2.07 bits per heavy atom. The Morgan fingerprint density at radius 1 is 1.47 bits per heavy atom. The Morgan fingerprint density at radius 3 is 2.53 bits per heavy atom. The molecule has 1 aliphatic rings. The van der Waals surface area contributed by atoms with E-state index in [0.29, 0.717) is 13.1 Å². The van der Waals surface area contributed by atoms with Gasteiger partial charge >= 0.3 is 12.0 Å². The van der Waals surface area contributed by atoms with Crippen molar-refractivity contribution in [2.45, 2.75) is 19.8 Å². The number of carbonyl (C=O) groups is 2. The molecule has 1 rings (SSSR count). The van der Waals surface area contributed by atoms with Gasteiger partial charge in [0.05, 0.1) is 5.92 Å². The van der Waals surface area contributed by atoms with Crippen molar-refractivity contribution < 1.29 is 14.7 Å². The standard InChI is InChI=1S/C10H18N2O3/c1-3-4-5-11(2)10(15)12-6-8(7-12)9(13)14/h8H,3-7H2,1-2H3,(H,13,14). The minimum absolute atomic E-state index is 0.0547. The molecule has 0 bridgehead atoms. The van der Waals surface area contributed by atoms with Gasteiger partial charge in [0.15, 0.2) is 0 Å². The summed E-state index contributed by atoms with van der Waals surface area (Å²) in [5.41, 5.74) is 0. The smallest absolute Gasteiger partial charge is 0.319 e. The lowest BCUT2D eigenvalue weighted by molar-refractivity contribution is -0.146. The maximum Gasteiger partial charge on any atom is 0.319 e. The largest absolute Gasteiger partial charge is 0.481 e. The third-order valence-electron chi connectivity index (χ3n) is 2.67. The Kier molecular flexibility index (Phi) is 3.94. The van der Waals surface area contributed by atoms with Crippen molar-refractivity contribution in [2.24, 2.45) is 5.92 Å². The van der Waals surface area contributed by atoms with E-state index in [1.807, 2.05) is 0 Å². The number of hydrogen-bond donors (Lipinski definition) is 1. The first-order valence-corrected chi connectivity index (χ1v) is 5.29. The van der Waals surface area contributed by atoms with E-state index in [1.54, 1.807) is 16.8 Å². The van der Waals surface area contributed by atoms with Crippen molar-refractivity contribution in [3.05, 3.63) is 0 Å². The summed E-state index contributed by atoms with van der Waals surface area (Å²) in [5, 5.41) is 8.66. The molecule has 1 fully saturated rings. The minimum Gasteiger partial charge on any atom is -0.481 e. The molecule has 2 amide bonds. The van der Waals surface area contributed by atoms with E-state index < -0.39 is 5.97 Å². The maximum absolute atomic E-state index is 11.7. The molecule has 0 spiro atoms. The van der Waals surface area contributed by atoms with Gasteiger partial charge in [-0.1, -0.05) is 13.3 Å². The van der Waals surface area contributed by atoms with Gasteiger partial charge < -0.3 is 14.9 Å². The highest BCUT2D eigenvalue weighted by Gasteiger charge is 2.36. The zero-order valence-electron chi connectivity index (χ0n) is 9.27. The number of aliphatic carboxylic acids is 1. The molecule has 0 unspecified atom stereocenters. The number of nitrogens with zero attached hydrogens (tertiary/aromatic N) is 2. The summed E-state index contributed by atoms with van der Waals surface area (Å²) in [6.45, 7) is 3.52. The molecule has 1 heterocycles. The number of urea groups is 1. The van der Waals surface area contributed by atoms with Gasteiger partial charge in [-0.15, -0.1) is 0 Å². The maximum atomic E-state index is 11.7. The average molecular weight is 214 g/mol. The molecular weight excluding hydrogens is 196 g/mol. The molecule has 15 heavy (non-hydrogen) atoms. The lowest BCUT2D eigenvalue weighted by Crippen LogP contribution is -2.56. The van der Waals surface area contributed by atoms with E-state index in [4.69, 9.17) is 5.11 Å². The highest BCUT2D eigenvalue weighted by atomic mass is 16.4. The van der Waals surface area contributed by atoms with E-state index in [0.717, 1.165) is 19.4 Å². The molecule has 0 aliphatic carbocycles. The van der Waals surface area contributed by atoms with E-state index in [2.05, 4.69) is 6.92 Å². The number of likely N-dealkylation sites (tertiary alicyclic amines) is 1. The molecule has 1 saturated heterocycles. The lowest BCUT2D eigenvalue weighted by Gasteiger charge is -2.38. The summed E-state index contributed by atoms with van der Waals surface area (Å²) in [6.07, 6.45) is 2.04. The van der Waals surface area contributed by atoms with Crippen molar-refractivity contribution in [3.63, 3.8) is 0 Å². The van der Waals surface area contributed by atoms with Crippen LogP contribution in [0.15, 0.2) is 0 Å². The van der Waals surface area contributed by atoms with Crippen LogP contribution in [0.3, 0.4) is 0 Å². The summed E-state index contributed by atoms with van der Waals surface area (Å²) in [5.74, 6) is -1.18. The van der Waals surface area contributed by atoms with E-state index in [1.165, 1.54) is 0 Å². The summed E-state index contributed by atoms with van der Waals surface area (Å²) in [4.78, 5) is 25.4. The van der Waals surface area contributed by atoms with Crippen molar-refractivity contribution in [3.8, 4) is 0 Å². The molecule has 0 aromatic carbocycles. The lowest BCUT2D eigenvalue weighted by atomic mass is 10.0. The molecule has 0 radical (unpaired) electrons. The fourth-order valence-corrected chi connectivity index (χ4v) is 1.52. The predicted octanol–water partition coefficient (Wildman–Crippen LogP) is 0.855. The molecule has 5 heteroatoms. The van der Waals surface area contributed by atoms with Gasteiger partial charge in [0.25, 0.3) is 0 Å². The quantitative estimate of drug-likeness (QED) is 0.754. The highest BCUT2D eigenvalue weighted by Crippen LogP contribution is 2.17. The molecule has 86 valence electrons. The second kappa shape index (κ2) is 5.00. The van der Waals surface area contributed by atoms with Crippen LogP contribution in [0.5, 0.6) is 0 Å².